The Hall–Kier alpha value is -2.09. The Bertz CT molecular complexity index is 803. The van der Waals surface area contributed by atoms with Crippen LogP contribution in [-0.4, -0.2) is 66.2 Å². The predicted octanol–water partition coefficient (Wildman–Crippen LogP) is 2.35. The second-order valence-electron chi connectivity index (χ2n) is 7.92. The van der Waals surface area contributed by atoms with Crippen molar-refractivity contribution in [3.8, 4) is 11.5 Å². The molecule has 2 fully saturated rings. The predicted molar refractivity (Wildman–Crippen MR) is 105 cm³/mol. The van der Waals surface area contributed by atoms with Gasteiger partial charge in [-0.05, 0) is 25.5 Å². The van der Waals surface area contributed by atoms with Gasteiger partial charge in [-0.1, -0.05) is 12.1 Å². The molecule has 0 amide bonds. The number of hydrogen-bond acceptors (Lipinski definition) is 6. The monoisotopic (exact) mass is 384 g/mol. The molecule has 1 aromatic heterocycles. The average Bonchev–Trinajstić information content (AvgIpc) is 3.39. The lowest BCUT2D eigenvalue weighted by molar-refractivity contribution is 0.0339. The number of piperidine rings is 1. The van der Waals surface area contributed by atoms with Crippen LogP contribution in [0, 0.1) is 0 Å². The number of fused-ring (bicyclic) bond motifs is 1. The van der Waals surface area contributed by atoms with E-state index in [1.165, 1.54) is 29.7 Å². The van der Waals surface area contributed by atoms with E-state index in [9.17, 15) is 0 Å². The summed E-state index contributed by atoms with van der Waals surface area (Å²) >= 11 is 0. The zero-order chi connectivity index (χ0) is 18.8. The number of nitrogens with zero attached hydrogens (tertiary/aromatic N) is 3. The molecule has 7 heteroatoms. The van der Waals surface area contributed by atoms with Gasteiger partial charge in [-0.2, -0.15) is 5.10 Å². The van der Waals surface area contributed by atoms with E-state index in [0.29, 0.717) is 12.7 Å². The summed E-state index contributed by atoms with van der Waals surface area (Å²) in [4.78, 5) is 4.99. The van der Waals surface area contributed by atoms with Crippen molar-refractivity contribution >= 4 is 0 Å². The fourth-order valence-corrected chi connectivity index (χ4v) is 4.59. The minimum Gasteiger partial charge on any atom is -0.454 e. The van der Waals surface area contributed by atoms with E-state index in [1.807, 2.05) is 12.3 Å². The molecule has 0 saturated carbocycles. The van der Waals surface area contributed by atoms with Gasteiger partial charge < -0.3 is 14.2 Å². The van der Waals surface area contributed by atoms with Crippen LogP contribution in [0.3, 0.4) is 0 Å². The molecule has 1 atom stereocenters. The minimum absolute atomic E-state index is 0.327. The number of H-pyrrole nitrogens is 1. The highest BCUT2D eigenvalue weighted by atomic mass is 16.7. The van der Waals surface area contributed by atoms with E-state index in [2.05, 4.69) is 32.1 Å². The van der Waals surface area contributed by atoms with Gasteiger partial charge in [-0.3, -0.25) is 14.9 Å². The van der Waals surface area contributed by atoms with E-state index in [4.69, 9.17) is 14.2 Å². The van der Waals surface area contributed by atoms with Crippen LogP contribution >= 0.6 is 0 Å². The molecule has 0 bridgehead atoms. The molecule has 1 aromatic carbocycles. The zero-order valence-electron chi connectivity index (χ0n) is 16.2. The number of rotatable bonds is 5. The third-order valence-electron chi connectivity index (χ3n) is 6.03. The lowest BCUT2D eigenvalue weighted by atomic mass is 9.92. The fourth-order valence-electron chi connectivity index (χ4n) is 4.59. The van der Waals surface area contributed by atoms with Gasteiger partial charge in [0.05, 0.1) is 19.4 Å². The molecule has 0 aliphatic carbocycles. The van der Waals surface area contributed by atoms with Crippen molar-refractivity contribution in [2.45, 2.75) is 31.8 Å². The Kier molecular flexibility index (Phi) is 5.20. The standard InChI is InChI=1S/C21H28N4O3/c1-3-17(21-19(5-1)27-15-28-21)13-25-6-2-4-16(12-25)20-18(11-22-23-20)14-24-7-9-26-10-8-24/h1,3,5,11,16H,2,4,6-10,12-15H2,(H,22,23)/t16-/m0/s1. The summed E-state index contributed by atoms with van der Waals surface area (Å²) in [5, 5.41) is 7.69. The quantitative estimate of drug-likeness (QED) is 0.854. The van der Waals surface area contributed by atoms with Gasteiger partial charge in [0.15, 0.2) is 11.5 Å². The average molecular weight is 384 g/mol. The van der Waals surface area contributed by atoms with Gasteiger partial charge in [-0.15, -0.1) is 0 Å². The fraction of sp³-hybridized carbons (Fsp3) is 0.571. The van der Waals surface area contributed by atoms with Crippen LogP contribution in [0.25, 0.3) is 0 Å². The first kappa shape index (κ1) is 18.0. The first-order chi connectivity index (χ1) is 13.9. The number of ether oxygens (including phenoxy) is 3. The zero-order valence-corrected chi connectivity index (χ0v) is 16.2. The molecular weight excluding hydrogens is 356 g/mol. The third kappa shape index (κ3) is 3.74. The Labute approximate surface area is 165 Å². The smallest absolute Gasteiger partial charge is 0.231 e. The summed E-state index contributed by atoms with van der Waals surface area (Å²) < 4.78 is 16.7. The van der Waals surface area contributed by atoms with Gasteiger partial charge >= 0.3 is 0 Å². The number of hydrogen-bond donors (Lipinski definition) is 1. The maximum atomic E-state index is 5.69. The van der Waals surface area contributed by atoms with Crippen molar-refractivity contribution in [3.63, 3.8) is 0 Å². The third-order valence-corrected chi connectivity index (χ3v) is 6.03. The molecule has 2 saturated heterocycles. The van der Waals surface area contributed by atoms with Crippen molar-refractivity contribution in [2.24, 2.45) is 0 Å². The first-order valence-corrected chi connectivity index (χ1v) is 10.3. The second-order valence-corrected chi connectivity index (χ2v) is 7.92. The van der Waals surface area contributed by atoms with Crippen molar-refractivity contribution in [1.82, 2.24) is 20.0 Å². The number of morpholine rings is 1. The molecule has 4 heterocycles. The highest BCUT2D eigenvalue weighted by molar-refractivity contribution is 5.48. The topological polar surface area (TPSA) is 62.9 Å². The van der Waals surface area contributed by atoms with Crippen molar-refractivity contribution in [2.75, 3.05) is 46.2 Å². The van der Waals surface area contributed by atoms with Gasteiger partial charge in [0.25, 0.3) is 0 Å². The minimum atomic E-state index is 0.327. The summed E-state index contributed by atoms with van der Waals surface area (Å²) in [6, 6.07) is 6.18. The molecule has 7 nitrogen and oxygen atoms in total. The number of benzene rings is 1. The maximum absolute atomic E-state index is 5.69. The summed E-state index contributed by atoms with van der Waals surface area (Å²) in [5.41, 5.74) is 3.87. The lowest BCUT2D eigenvalue weighted by Crippen LogP contribution is -2.37. The Morgan fingerprint density at radius 1 is 1.04 bits per heavy atom. The lowest BCUT2D eigenvalue weighted by Gasteiger charge is -2.33. The molecule has 0 radical (unpaired) electrons. The Morgan fingerprint density at radius 3 is 2.86 bits per heavy atom. The SMILES string of the molecule is c1cc(CN2CCC[C@H](c3[nH]ncc3CN3CCOCC3)C2)c2c(c1)OCO2. The van der Waals surface area contributed by atoms with Crippen molar-refractivity contribution in [1.29, 1.82) is 0 Å². The normalized spacial score (nSPS) is 23.2. The van der Waals surface area contributed by atoms with Crippen LogP contribution < -0.4 is 9.47 Å². The highest BCUT2D eigenvalue weighted by Gasteiger charge is 2.27. The van der Waals surface area contributed by atoms with Crippen LogP contribution in [-0.2, 0) is 17.8 Å². The van der Waals surface area contributed by atoms with Crippen LogP contribution in [0.4, 0.5) is 0 Å². The first-order valence-electron chi connectivity index (χ1n) is 10.3. The molecule has 3 aliphatic rings. The molecule has 3 aliphatic heterocycles. The van der Waals surface area contributed by atoms with Crippen LogP contribution in [0.2, 0.25) is 0 Å². The molecule has 0 spiro atoms. The second kappa shape index (κ2) is 8.11. The largest absolute Gasteiger partial charge is 0.454 e. The van der Waals surface area contributed by atoms with Crippen molar-refractivity contribution in [3.05, 3.63) is 41.2 Å². The Balaban J connectivity index is 1.26. The molecule has 0 unspecified atom stereocenters. The summed E-state index contributed by atoms with van der Waals surface area (Å²) in [6.07, 6.45) is 4.42. The van der Waals surface area contributed by atoms with E-state index < -0.39 is 0 Å². The summed E-state index contributed by atoms with van der Waals surface area (Å²) in [6.45, 7) is 8.02. The van der Waals surface area contributed by atoms with Gasteiger partial charge in [0.1, 0.15) is 0 Å². The molecule has 150 valence electrons. The van der Waals surface area contributed by atoms with Crippen LogP contribution in [0.1, 0.15) is 35.6 Å². The number of para-hydroxylation sites is 1. The van der Waals surface area contributed by atoms with Gasteiger partial charge in [-0.25, -0.2) is 0 Å². The van der Waals surface area contributed by atoms with Gasteiger partial charge in [0, 0.05) is 55.5 Å². The number of likely N-dealkylation sites (tertiary alicyclic amines) is 1. The van der Waals surface area contributed by atoms with Gasteiger partial charge in [0.2, 0.25) is 6.79 Å². The maximum Gasteiger partial charge on any atom is 0.231 e. The number of aromatic nitrogens is 2. The number of aromatic amines is 1. The van der Waals surface area contributed by atoms with E-state index in [-0.39, 0.29) is 0 Å². The van der Waals surface area contributed by atoms with E-state index >= 15 is 0 Å². The molecular formula is C21H28N4O3. The van der Waals surface area contributed by atoms with E-state index in [1.54, 1.807) is 0 Å². The number of nitrogens with one attached hydrogen (secondary N) is 1. The van der Waals surface area contributed by atoms with Crippen molar-refractivity contribution < 1.29 is 14.2 Å². The van der Waals surface area contributed by atoms with Crippen LogP contribution in [0.15, 0.2) is 24.4 Å². The molecule has 5 rings (SSSR count). The summed E-state index contributed by atoms with van der Waals surface area (Å²) in [7, 11) is 0. The van der Waals surface area contributed by atoms with Crippen LogP contribution in [0.5, 0.6) is 11.5 Å². The Morgan fingerprint density at radius 2 is 1.93 bits per heavy atom. The highest BCUT2D eigenvalue weighted by Crippen LogP contribution is 2.37. The van der Waals surface area contributed by atoms with E-state index in [0.717, 1.165) is 64.0 Å². The summed E-state index contributed by atoms with van der Waals surface area (Å²) in [5.74, 6) is 2.29. The molecule has 2 aromatic rings. The molecule has 28 heavy (non-hydrogen) atoms. The molecule has 1 N–H and O–H groups in total.